The van der Waals surface area contributed by atoms with E-state index >= 15 is 0 Å². The topological polar surface area (TPSA) is 62.5 Å². The van der Waals surface area contributed by atoms with Crippen molar-refractivity contribution >= 4 is 0 Å². The van der Waals surface area contributed by atoms with Crippen LogP contribution in [0.25, 0.3) is 0 Å². The van der Waals surface area contributed by atoms with E-state index in [1.54, 1.807) is 19.9 Å². The molecule has 1 aliphatic heterocycles. The van der Waals surface area contributed by atoms with E-state index in [0.717, 1.165) is 0 Å². The van der Waals surface area contributed by atoms with Gasteiger partial charge in [0.15, 0.2) is 11.9 Å². The van der Waals surface area contributed by atoms with E-state index < -0.39 is 18.0 Å². The van der Waals surface area contributed by atoms with Crippen molar-refractivity contribution in [2.75, 3.05) is 6.61 Å². The van der Waals surface area contributed by atoms with Crippen LogP contribution < -0.4 is 0 Å². The van der Waals surface area contributed by atoms with Gasteiger partial charge in [-0.05, 0) is 13.8 Å². The van der Waals surface area contributed by atoms with E-state index in [9.17, 15) is 0 Å². The molecule has 1 fully saturated rings. The highest BCUT2D eigenvalue weighted by molar-refractivity contribution is 4.91. The van der Waals surface area contributed by atoms with E-state index in [1.165, 1.54) is 0 Å². The third-order valence-corrected chi connectivity index (χ3v) is 1.51. The van der Waals surface area contributed by atoms with Crippen molar-refractivity contribution < 1.29 is 14.6 Å². The molecule has 0 bridgehead atoms. The number of rotatable bonds is 1. The van der Waals surface area contributed by atoms with Crippen LogP contribution in [0, 0.1) is 11.3 Å². The average molecular weight is 157 g/mol. The van der Waals surface area contributed by atoms with Crippen molar-refractivity contribution in [3.05, 3.63) is 0 Å². The average Bonchev–Trinajstić information content (AvgIpc) is 2.29. The van der Waals surface area contributed by atoms with Gasteiger partial charge in [-0.15, -0.1) is 0 Å². The Bertz CT molecular complexity index is 185. The first-order valence-corrected chi connectivity index (χ1v) is 3.44. The fraction of sp³-hybridized carbons (Fsp3) is 0.857. The fourth-order valence-corrected chi connectivity index (χ4v) is 0.954. The first-order chi connectivity index (χ1) is 5.05. The molecule has 0 amide bonds. The lowest BCUT2D eigenvalue weighted by Gasteiger charge is -2.17. The summed E-state index contributed by atoms with van der Waals surface area (Å²) in [7, 11) is 0. The molecule has 0 spiro atoms. The van der Waals surface area contributed by atoms with Gasteiger partial charge in [0.05, 0.1) is 12.7 Å². The normalized spacial score (nSPS) is 31.3. The van der Waals surface area contributed by atoms with Gasteiger partial charge in [0.1, 0.15) is 6.10 Å². The Morgan fingerprint density at radius 2 is 2.36 bits per heavy atom. The van der Waals surface area contributed by atoms with Gasteiger partial charge in [-0.25, -0.2) is 0 Å². The molecule has 11 heavy (non-hydrogen) atoms. The number of hydrogen-bond donors (Lipinski definition) is 1. The zero-order valence-corrected chi connectivity index (χ0v) is 6.57. The Labute approximate surface area is 65.3 Å². The molecule has 0 aromatic heterocycles. The second kappa shape index (κ2) is 2.78. The SMILES string of the molecule is CC1(C)OC[C@H]([C@H](O)C#N)O1. The summed E-state index contributed by atoms with van der Waals surface area (Å²) in [5, 5.41) is 17.4. The van der Waals surface area contributed by atoms with Gasteiger partial charge in [0.25, 0.3) is 0 Å². The number of nitriles is 1. The molecule has 4 heteroatoms. The molecule has 0 aromatic rings. The van der Waals surface area contributed by atoms with Crippen LogP contribution in [0.1, 0.15) is 13.8 Å². The minimum absolute atomic E-state index is 0.279. The Kier molecular flexibility index (Phi) is 2.14. The maximum Gasteiger partial charge on any atom is 0.168 e. The second-order valence-electron chi connectivity index (χ2n) is 2.94. The Balaban J connectivity index is 2.50. The Morgan fingerprint density at radius 3 is 2.73 bits per heavy atom. The predicted molar refractivity (Wildman–Crippen MR) is 36.5 cm³/mol. The predicted octanol–water partition coefficient (Wildman–Crippen LogP) is 0.0224. The van der Waals surface area contributed by atoms with Crippen LogP contribution in [0.5, 0.6) is 0 Å². The molecule has 2 atom stereocenters. The summed E-state index contributed by atoms with van der Waals surface area (Å²) < 4.78 is 10.3. The molecule has 0 aliphatic carbocycles. The number of aliphatic hydroxyl groups is 1. The van der Waals surface area contributed by atoms with Crippen molar-refractivity contribution in [2.24, 2.45) is 0 Å². The van der Waals surface area contributed by atoms with Crippen molar-refractivity contribution in [3.63, 3.8) is 0 Å². The molecule has 62 valence electrons. The molecule has 0 unspecified atom stereocenters. The summed E-state index contributed by atoms with van der Waals surface area (Å²) in [6, 6.07) is 1.70. The van der Waals surface area contributed by atoms with E-state index in [-0.39, 0.29) is 6.61 Å². The maximum atomic E-state index is 9.02. The van der Waals surface area contributed by atoms with Crippen LogP contribution in [0.3, 0.4) is 0 Å². The molecule has 1 aliphatic rings. The molecule has 1 heterocycles. The molecule has 4 nitrogen and oxygen atoms in total. The van der Waals surface area contributed by atoms with Gasteiger partial charge in [-0.1, -0.05) is 0 Å². The molecular weight excluding hydrogens is 146 g/mol. The minimum atomic E-state index is -1.09. The minimum Gasteiger partial charge on any atom is -0.375 e. The van der Waals surface area contributed by atoms with Gasteiger partial charge >= 0.3 is 0 Å². The number of hydrogen-bond acceptors (Lipinski definition) is 4. The molecule has 0 radical (unpaired) electrons. The van der Waals surface area contributed by atoms with Crippen LogP contribution in [0.2, 0.25) is 0 Å². The number of nitrogens with zero attached hydrogens (tertiary/aromatic N) is 1. The van der Waals surface area contributed by atoms with Gasteiger partial charge in [0, 0.05) is 0 Å². The first kappa shape index (κ1) is 8.47. The molecular formula is C7H11NO3. The smallest absolute Gasteiger partial charge is 0.168 e. The lowest BCUT2D eigenvalue weighted by molar-refractivity contribution is -0.146. The zero-order valence-electron chi connectivity index (χ0n) is 6.57. The summed E-state index contributed by atoms with van der Waals surface area (Å²) in [5.74, 6) is -0.664. The Hall–Kier alpha value is -0.630. The van der Waals surface area contributed by atoms with Crippen LogP contribution in [0.15, 0.2) is 0 Å². The standard InChI is InChI=1S/C7H11NO3/c1-7(2)10-4-6(11-7)5(9)3-8/h5-6,9H,4H2,1-2H3/t5-,6-/m1/s1. The van der Waals surface area contributed by atoms with Crippen LogP contribution in [0.4, 0.5) is 0 Å². The lowest BCUT2D eigenvalue weighted by Crippen LogP contribution is -2.29. The first-order valence-electron chi connectivity index (χ1n) is 3.44. The van der Waals surface area contributed by atoms with E-state index in [4.69, 9.17) is 19.8 Å². The highest BCUT2D eigenvalue weighted by Gasteiger charge is 2.36. The third-order valence-electron chi connectivity index (χ3n) is 1.51. The third kappa shape index (κ3) is 1.90. The largest absolute Gasteiger partial charge is 0.375 e. The summed E-state index contributed by atoms with van der Waals surface area (Å²) in [6.07, 6.45) is -1.59. The van der Waals surface area contributed by atoms with Crippen LogP contribution in [-0.2, 0) is 9.47 Å². The van der Waals surface area contributed by atoms with E-state index in [0.29, 0.717) is 0 Å². The van der Waals surface area contributed by atoms with E-state index in [2.05, 4.69) is 0 Å². The summed E-state index contributed by atoms with van der Waals surface area (Å²) in [6.45, 7) is 3.77. The van der Waals surface area contributed by atoms with Crippen molar-refractivity contribution in [2.45, 2.75) is 31.8 Å². The number of aliphatic hydroxyl groups excluding tert-OH is 1. The zero-order chi connectivity index (χ0) is 8.48. The monoisotopic (exact) mass is 157 g/mol. The summed E-state index contributed by atoms with van der Waals surface area (Å²) >= 11 is 0. The molecule has 1 N–H and O–H groups in total. The van der Waals surface area contributed by atoms with Crippen LogP contribution >= 0.6 is 0 Å². The molecule has 0 aromatic carbocycles. The molecule has 0 saturated carbocycles. The van der Waals surface area contributed by atoms with E-state index in [1.807, 2.05) is 0 Å². The highest BCUT2D eigenvalue weighted by Crippen LogP contribution is 2.23. The highest BCUT2D eigenvalue weighted by atomic mass is 16.7. The molecule has 1 rings (SSSR count). The molecule has 1 saturated heterocycles. The maximum absolute atomic E-state index is 9.02. The second-order valence-corrected chi connectivity index (χ2v) is 2.94. The number of ether oxygens (including phenoxy) is 2. The Morgan fingerprint density at radius 1 is 1.73 bits per heavy atom. The summed E-state index contributed by atoms with van der Waals surface area (Å²) in [4.78, 5) is 0. The van der Waals surface area contributed by atoms with Gasteiger partial charge in [0.2, 0.25) is 0 Å². The fourth-order valence-electron chi connectivity index (χ4n) is 0.954. The quantitative estimate of drug-likeness (QED) is 0.545. The van der Waals surface area contributed by atoms with Crippen molar-refractivity contribution in [1.82, 2.24) is 0 Å². The van der Waals surface area contributed by atoms with Gasteiger partial charge < -0.3 is 14.6 Å². The van der Waals surface area contributed by atoms with Crippen LogP contribution in [-0.4, -0.2) is 29.7 Å². The van der Waals surface area contributed by atoms with Gasteiger partial charge in [-0.2, -0.15) is 5.26 Å². The van der Waals surface area contributed by atoms with Gasteiger partial charge in [-0.3, -0.25) is 0 Å². The lowest BCUT2D eigenvalue weighted by atomic mass is 10.2. The van der Waals surface area contributed by atoms with Crippen molar-refractivity contribution in [3.8, 4) is 6.07 Å². The summed E-state index contributed by atoms with van der Waals surface area (Å²) in [5.41, 5.74) is 0. The van der Waals surface area contributed by atoms with Crippen molar-refractivity contribution in [1.29, 1.82) is 5.26 Å².